The van der Waals surface area contributed by atoms with E-state index in [4.69, 9.17) is 5.73 Å². The first-order valence-electron chi connectivity index (χ1n) is 7.31. The first-order chi connectivity index (χ1) is 10.1. The lowest BCUT2D eigenvalue weighted by molar-refractivity contribution is -0.121. The number of benzene rings is 2. The van der Waals surface area contributed by atoms with Crippen molar-refractivity contribution in [1.29, 1.82) is 0 Å². The van der Waals surface area contributed by atoms with Gasteiger partial charge in [0.25, 0.3) is 0 Å². The Morgan fingerprint density at radius 1 is 1.10 bits per heavy atom. The summed E-state index contributed by atoms with van der Waals surface area (Å²) >= 11 is 0. The molecule has 21 heavy (non-hydrogen) atoms. The van der Waals surface area contributed by atoms with Gasteiger partial charge in [-0.3, -0.25) is 4.79 Å². The second-order valence-electron chi connectivity index (χ2n) is 5.41. The van der Waals surface area contributed by atoms with Gasteiger partial charge in [0, 0.05) is 11.7 Å². The van der Waals surface area contributed by atoms with Gasteiger partial charge in [-0.1, -0.05) is 42.5 Å². The molecule has 2 aromatic carbocycles. The first kappa shape index (κ1) is 15.1. The van der Waals surface area contributed by atoms with Crippen LogP contribution >= 0.6 is 0 Å². The predicted octanol–water partition coefficient (Wildman–Crippen LogP) is 2.95. The molecule has 3 N–H and O–H groups in total. The first-order valence-corrected chi connectivity index (χ1v) is 7.31. The number of rotatable bonds is 6. The summed E-state index contributed by atoms with van der Waals surface area (Å²) in [5, 5.41) is 3.04. The molecule has 0 aromatic heterocycles. The lowest BCUT2D eigenvalue weighted by Crippen LogP contribution is -2.34. The zero-order valence-corrected chi connectivity index (χ0v) is 12.4. The number of hydrogen-bond acceptors (Lipinski definition) is 2. The summed E-state index contributed by atoms with van der Waals surface area (Å²) in [4.78, 5) is 12.0. The van der Waals surface area contributed by atoms with Crippen LogP contribution in [0.5, 0.6) is 0 Å². The van der Waals surface area contributed by atoms with Crippen molar-refractivity contribution in [2.24, 2.45) is 0 Å². The molecule has 3 nitrogen and oxygen atoms in total. The number of carbonyl (C=O) groups excluding carboxylic acids is 1. The molecule has 0 radical (unpaired) electrons. The Hall–Kier alpha value is -2.29. The minimum atomic E-state index is 0.0427. The molecule has 0 heterocycles. The number of hydrogen-bond donors (Lipinski definition) is 2. The van der Waals surface area contributed by atoms with E-state index < -0.39 is 0 Å². The standard InChI is InChI=1S/C18H22N2O/c1-14(10-11-15-6-3-2-4-7-15)20-18(21)13-16-8-5-9-17(19)12-16/h2-9,12,14H,10-11,13,19H2,1H3,(H,20,21). The van der Waals surface area contributed by atoms with Crippen LogP contribution in [0.3, 0.4) is 0 Å². The van der Waals surface area contributed by atoms with Gasteiger partial charge in [0.05, 0.1) is 6.42 Å². The predicted molar refractivity (Wildman–Crippen MR) is 86.9 cm³/mol. The number of aryl methyl sites for hydroxylation is 1. The topological polar surface area (TPSA) is 55.1 Å². The van der Waals surface area contributed by atoms with Crippen molar-refractivity contribution < 1.29 is 4.79 Å². The minimum Gasteiger partial charge on any atom is -0.399 e. The largest absolute Gasteiger partial charge is 0.399 e. The van der Waals surface area contributed by atoms with E-state index >= 15 is 0 Å². The van der Waals surface area contributed by atoms with E-state index in [2.05, 4.69) is 17.4 Å². The molecule has 2 aromatic rings. The van der Waals surface area contributed by atoms with Crippen LogP contribution in [0.25, 0.3) is 0 Å². The molecule has 1 atom stereocenters. The van der Waals surface area contributed by atoms with Crippen molar-refractivity contribution in [2.45, 2.75) is 32.2 Å². The van der Waals surface area contributed by atoms with Crippen LogP contribution < -0.4 is 11.1 Å². The van der Waals surface area contributed by atoms with Crippen molar-refractivity contribution in [3.05, 3.63) is 65.7 Å². The average Bonchev–Trinajstić information content (AvgIpc) is 2.46. The number of nitrogen functional groups attached to an aromatic ring is 1. The fourth-order valence-corrected chi connectivity index (χ4v) is 2.31. The summed E-state index contributed by atoms with van der Waals surface area (Å²) in [6.45, 7) is 2.04. The van der Waals surface area contributed by atoms with Crippen LogP contribution in [0, 0.1) is 0 Å². The third-order valence-electron chi connectivity index (χ3n) is 3.43. The second kappa shape index (κ2) is 7.48. The molecule has 110 valence electrons. The van der Waals surface area contributed by atoms with E-state index in [0.717, 1.165) is 18.4 Å². The third-order valence-corrected chi connectivity index (χ3v) is 3.43. The minimum absolute atomic E-state index is 0.0427. The molecule has 0 spiro atoms. The van der Waals surface area contributed by atoms with Gasteiger partial charge in [-0.2, -0.15) is 0 Å². The van der Waals surface area contributed by atoms with Gasteiger partial charge in [-0.25, -0.2) is 0 Å². The summed E-state index contributed by atoms with van der Waals surface area (Å²) in [6.07, 6.45) is 2.29. The SMILES string of the molecule is CC(CCc1ccccc1)NC(=O)Cc1cccc(N)c1. The maximum absolute atomic E-state index is 12.0. The van der Waals surface area contributed by atoms with Gasteiger partial charge >= 0.3 is 0 Å². The third kappa shape index (κ3) is 5.30. The lowest BCUT2D eigenvalue weighted by Gasteiger charge is -2.14. The zero-order chi connectivity index (χ0) is 15.1. The highest BCUT2D eigenvalue weighted by atomic mass is 16.1. The van der Waals surface area contributed by atoms with E-state index in [1.54, 1.807) is 0 Å². The maximum Gasteiger partial charge on any atom is 0.224 e. The van der Waals surface area contributed by atoms with E-state index in [-0.39, 0.29) is 11.9 Å². The van der Waals surface area contributed by atoms with E-state index in [0.29, 0.717) is 12.1 Å². The highest BCUT2D eigenvalue weighted by Crippen LogP contribution is 2.08. The van der Waals surface area contributed by atoms with E-state index in [1.165, 1.54) is 5.56 Å². The van der Waals surface area contributed by atoms with Gasteiger partial charge in [-0.15, -0.1) is 0 Å². The van der Waals surface area contributed by atoms with Crippen LogP contribution in [0.2, 0.25) is 0 Å². The monoisotopic (exact) mass is 282 g/mol. The fourth-order valence-electron chi connectivity index (χ4n) is 2.31. The Labute approximate surface area is 126 Å². The van der Waals surface area contributed by atoms with Crippen molar-refractivity contribution in [1.82, 2.24) is 5.32 Å². The second-order valence-corrected chi connectivity index (χ2v) is 5.41. The van der Waals surface area contributed by atoms with Gasteiger partial charge in [-0.05, 0) is 43.0 Å². The van der Waals surface area contributed by atoms with Crippen LogP contribution in [-0.4, -0.2) is 11.9 Å². The summed E-state index contributed by atoms with van der Waals surface area (Å²) in [6, 6.07) is 17.9. The van der Waals surface area contributed by atoms with Crippen LogP contribution in [-0.2, 0) is 17.6 Å². The quantitative estimate of drug-likeness (QED) is 0.800. The molecule has 2 rings (SSSR count). The molecule has 0 saturated carbocycles. The highest BCUT2D eigenvalue weighted by molar-refractivity contribution is 5.79. The molecule has 0 aliphatic rings. The van der Waals surface area contributed by atoms with Gasteiger partial charge in [0.1, 0.15) is 0 Å². The molecule has 0 saturated heterocycles. The van der Waals surface area contributed by atoms with Gasteiger partial charge < -0.3 is 11.1 Å². The van der Waals surface area contributed by atoms with Crippen molar-refractivity contribution >= 4 is 11.6 Å². The fraction of sp³-hybridized carbons (Fsp3) is 0.278. The molecule has 3 heteroatoms. The van der Waals surface area contributed by atoms with E-state index in [9.17, 15) is 4.79 Å². The van der Waals surface area contributed by atoms with Crippen LogP contribution in [0.4, 0.5) is 5.69 Å². The Morgan fingerprint density at radius 2 is 1.81 bits per heavy atom. The van der Waals surface area contributed by atoms with Crippen LogP contribution in [0.1, 0.15) is 24.5 Å². The highest BCUT2D eigenvalue weighted by Gasteiger charge is 2.08. The molecule has 0 bridgehead atoms. The number of nitrogens with one attached hydrogen (secondary N) is 1. The Balaban J connectivity index is 1.77. The normalized spacial score (nSPS) is 11.9. The van der Waals surface area contributed by atoms with Gasteiger partial charge in [0.2, 0.25) is 5.91 Å². The van der Waals surface area contributed by atoms with Crippen molar-refractivity contribution in [3.63, 3.8) is 0 Å². The number of nitrogens with two attached hydrogens (primary N) is 1. The van der Waals surface area contributed by atoms with Crippen LogP contribution in [0.15, 0.2) is 54.6 Å². The van der Waals surface area contributed by atoms with Gasteiger partial charge in [0.15, 0.2) is 0 Å². The number of carbonyl (C=O) groups is 1. The number of amides is 1. The molecule has 0 fully saturated rings. The summed E-state index contributed by atoms with van der Waals surface area (Å²) in [5.41, 5.74) is 8.66. The molecule has 1 amide bonds. The van der Waals surface area contributed by atoms with E-state index in [1.807, 2.05) is 49.4 Å². The Kier molecular flexibility index (Phi) is 5.38. The molecule has 0 aliphatic carbocycles. The average molecular weight is 282 g/mol. The summed E-state index contributed by atoms with van der Waals surface area (Å²) in [5.74, 6) is 0.0427. The lowest BCUT2D eigenvalue weighted by atomic mass is 10.1. The number of anilines is 1. The summed E-state index contributed by atoms with van der Waals surface area (Å²) in [7, 11) is 0. The zero-order valence-electron chi connectivity index (χ0n) is 12.4. The van der Waals surface area contributed by atoms with Crippen molar-refractivity contribution in [3.8, 4) is 0 Å². The van der Waals surface area contributed by atoms with Crippen molar-refractivity contribution in [2.75, 3.05) is 5.73 Å². The Morgan fingerprint density at radius 3 is 2.52 bits per heavy atom. The smallest absolute Gasteiger partial charge is 0.224 e. The molecule has 0 aliphatic heterocycles. The molecule has 1 unspecified atom stereocenters. The molecular weight excluding hydrogens is 260 g/mol. The Bertz CT molecular complexity index is 581. The molecular formula is C18H22N2O. The summed E-state index contributed by atoms with van der Waals surface area (Å²) < 4.78 is 0. The maximum atomic E-state index is 12.0.